The van der Waals surface area contributed by atoms with Gasteiger partial charge in [0.05, 0.1) is 0 Å². The minimum Gasteiger partial charge on any atom is -0.397 e. The van der Waals surface area contributed by atoms with Crippen molar-refractivity contribution in [2.75, 3.05) is 21.3 Å². The van der Waals surface area contributed by atoms with Gasteiger partial charge in [-0.3, -0.25) is 0 Å². The SMILES string of the molecule is CO[Si](OC)(OC)O[SiH](C)C. The number of hydrogen-bond donors (Lipinski definition) is 0. The highest BCUT2D eigenvalue weighted by Gasteiger charge is 2.42. The summed E-state index contributed by atoms with van der Waals surface area (Å²) in [7, 11) is 0.733. The van der Waals surface area contributed by atoms with Crippen molar-refractivity contribution < 1.29 is 17.4 Å². The van der Waals surface area contributed by atoms with E-state index in [1.165, 1.54) is 21.3 Å². The topological polar surface area (TPSA) is 36.9 Å². The first kappa shape index (κ1) is 11.3. The molecule has 0 aromatic carbocycles. The molecule has 0 saturated heterocycles. The summed E-state index contributed by atoms with van der Waals surface area (Å²) in [6.45, 7) is 4.08. The van der Waals surface area contributed by atoms with Crippen LogP contribution in [0, 0.1) is 0 Å². The molecule has 0 heterocycles. The Hall–Kier alpha value is 0.274. The Bertz CT molecular complexity index is 96.4. The van der Waals surface area contributed by atoms with Gasteiger partial charge in [0.2, 0.25) is 0 Å². The van der Waals surface area contributed by atoms with E-state index in [-0.39, 0.29) is 0 Å². The molecule has 0 bridgehead atoms. The molecule has 0 saturated carbocycles. The maximum absolute atomic E-state index is 5.50. The average molecular weight is 196 g/mol. The lowest BCUT2D eigenvalue weighted by Crippen LogP contribution is -2.49. The van der Waals surface area contributed by atoms with Crippen molar-refractivity contribution in [1.82, 2.24) is 0 Å². The standard InChI is InChI=1S/C5H16O4Si2/c1-6-11(7-2,8-3)9-10(4)5/h10H,1-5H3. The zero-order valence-corrected chi connectivity index (χ0v) is 9.87. The van der Waals surface area contributed by atoms with Gasteiger partial charge in [0.1, 0.15) is 0 Å². The van der Waals surface area contributed by atoms with Gasteiger partial charge in [0.15, 0.2) is 9.04 Å². The summed E-state index contributed by atoms with van der Waals surface area (Å²) < 4.78 is 20.7. The molecule has 0 radical (unpaired) electrons. The molecule has 0 aromatic rings. The second-order valence-electron chi connectivity index (χ2n) is 2.28. The van der Waals surface area contributed by atoms with Crippen LogP contribution >= 0.6 is 0 Å². The van der Waals surface area contributed by atoms with Crippen LogP contribution in [0.15, 0.2) is 0 Å². The van der Waals surface area contributed by atoms with Crippen LogP contribution in [-0.2, 0) is 17.4 Å². The Morgan fingerprint density at radius 2 is 1.27 bits per heavy atom. The van der Waals surface area contributed by atoms with Crippen LogP contribution in [-0.4, -0.2) is 39.4 Å². The van der Waals surface area contributed by atoms with Crippen LogP contribution < -0.4 is 0 Å². The lowest BCUT2D eigenvalue weighted by Gasteiger charge is -2.24. The van der Waals surface area contributed by atoms with E-state index in [1.807, 2.05) is 13.1 Å². The highest BCUT2D eigenvalue weighted by molar-refractivity contribution is 6.65. The molecule has 0 unspecified atom stereocenters. The maximum atomic E-state index is 5.50. The predicted molar refractivity (Wildman–Crippen MR) is 46.7 cm³/mol. The minimum atomic E-state index is -2.72. The van der Waals surface area contributed by atoms with Crippen LogP contribution in [0.25, 0.3) is 0 Å². The van der Waals surface area contributed by atoms with Gasteiger partial charge in [-0.25, -0.2) is 0 Å². The summed E-state index contributed by atoms with van der Waals surface area (Å²) in [6.07, 6.45) is 0. The molecule has 0 amide bonds. The van der Waals surface area contributed by atoms with Crippen molar-refractivity contribution in [3.05, 3.63) is 0 Å². The first-order valence-corrected chi connectivity index (χ1v) is 7.85. The molecule has 0 rings (SSSR count). The largest absolute Gasteiger partial charge is 0.668 e. The Morgan fingerprint density at radius 3 is 1.36 bits per heavy atom. The van der Waals surface area contributed by atoms with E-state index >= 15 is 0 Å². The lowest BCUT2D eigenvalue weighted by atomic mass is 11.8. The summed E-state index contributed by atoms with van der Waals surface area (Å²) in [4.78, 5) is 0. The van der Waals surface area contributed by atoms with Gasteiger partial charge < -0.3 is 17.4 Å². The van der Waals surface area contributed by atoms with Crippen molar-refractivity contribution in [2.24, 2.45) is 0 Å². The predicted octanol–water partition coefficient (Wildman–Crippen LogP) is 0.361. The Kier molecular flexibility index (Phi) is 5.14. The lowest BCUT2D eigenvalue weighted by molar-refractivity contribution is 0.0508. The van der Waals surface area contributed by atoms with Crippen molar-refractivity contribution in [2.45, 2.75) is 13.1 Å². The van der Waals surface area contributed by atoms with Crippen LogP contribution in [0.5, 0.6) is 0 Å². The number of rotatable bonds is 5. The van der Waals surface area contributed by atoms with Gasteiger partial charge in [-0.15, -0.1) is 0 Å². The second kappa shape index (κ2) is 5.01. The fourth-order valence-corrected chi connectivity index (χ4v) is 4.65. The number of hydrogen-bond acceptors (Lipinski definition) is 4. The van der Waals surface area contributed by atoms with E-state index in [2.05, 4.69) is 0 Å². The zero-order chi connectivity index (χ0) is 8.91. The molecule has 11 heavy (non-hydrogen) atoms. The van der Waals surface area contributed by atoms with E-state index in [4.69, 9.17) is 17.4 Å². The third-order valence-corrected chi connectivity index (χ3v) is 5.67. The molecule has 0 aliphatic heterocycles. The van der Waals surface area contributed by atoms with Gasteiger partial charge in [-0.05, 0) is 13.1 Å². The molecule has 4 nitrogen and oxygen atoms in total. The zero-order valence-electron chi connectivity index (χ0n) is 7.71. The van der Waals surface area contributed by atoms with Crippen molar-refractivity contribution in [3.63, 3.8) is 0 Å². The van der Waals surface area contributed by atoms with E-state index in [9.17, 15) is 0 Å². The first-order chi connectivity index (χ1) is 5.10. The fraction of sp³-hybridized carbons (Fsp3) is 1.00. The summed E-state index contributed by atoms with van der Waals surface area (Å²) >= 11 is 0. The first-order valence-electron chi connectivity index (χ1n) is 3.43. The van der Waals surface area contributed by atoms with Crippen LogP contribution in [0.3, 0.4) is 0 Å². The van der Waals surface area contributed by atoms with Crippen LogP contribution in [0.4, 0.5) is 0 Å². The molecule has 0 aliphatic rings. The highest BCUT2D eigenvalue weighted by Crippen LogP contribution is 2.08. The molecule has 6 heteroatoms. The third-order valence-electron chi connectivity index (χ3n) is 1.13. The van der Waals surface area contributed by atoms with Crippen LogP contribution in [0.2, 0.25) is 13.1 Å². The molecule has 0 atom stereocenters. The monoisotopic (exact) mass is 196 g/mol. The Labute approximate surface area is 70.6 Å². The van der Waals surface area contributed by atoms with Crippen molar-refractivity contribution in [1.29, 1.82) is 0 Å². The molecular weight excluding hydrogens is 180 g/mol. The Morgan fingerprint density at radius 1 is 0.909 bits per heavy atom. The third kappa shape index (κ3) is 3.45. The summed E-state index contributed by atoms with van der Waals surface area (Å²) in [6, 6.07) is 0. The highest BCUT2D eigenvalue weighted by atomic mass is 28.4. The van der Waals surface area contributed by atoms with Gasteiger partial charge in [0.25, 0.3) is 0 Å². The fourth-order valence-electron chi connectivity index (χ4n) is 0.683. The van der Waals surface area contributed by atoms with E-state index < -0.39 is 18.1 Å². The van der Waals surface area contributed by atoms with Gasteiger partial charge in [-0.2, -0.15) is 0 Å². The maximum Gasteiger partial charge on any atom is 0.668 e. The summed E-state index contributed by atoms with van der Waals surface area (Å²) in [5.41, 5.74) is 0. The Balaban J connectivity index is 4.05. The van der Waals surface area contributed by atoms with Crippen molar-refractivity contribution in [3.8, 4) is 0 Å². The minimum absolute atomic E-state index is 1.16. The molecule has 0 fully saturated rings. The smallest absolute Gasteiger partial charge is 0.397 e. The normalized spacial score (nSPS) is 12.5. The van der Waals surface area contributed by atoms with Gasteiger partial charge in [0, 0.05) is 21.3 Å². The van der Waals surface area contributed by atoms with E-state index in [0.29, 0.717) is 0 Å². The van der Waals surface area contributed by atoms with Crippen molar-refractivity contribution >= 4 is 18.1 Å². The molecule has 0 aromatic heterocycles. The molecule has 68 valence electrons. The average Bonchev–Trinajstić information content (AvgIpc) is 2.00. The van der Waals surface area contributed by atoms with E-state index in [0.717, 1.165) is 0 Å². The molecule has 0 aliphatic carbocycles. The summed E-state index contributed by atoms with van der Waals surface area (Å²) in [5, 5.41) is 0. The van der Waals surface area contributed by atoms with Gasteiger partial charge in [-0.1, -0.05) is 0 Å². The quantitative estimate of drug-likeness (QED) is 0.595. The van der Waals surface area contributed by atoms with Crippen LogP contribution in [0.1, 0.15) is 0 Å². The molecule has 0 N–H and O–H groups in total. The second-order valence-corrected chi connectivity index (χ2v) is 7.54. The van der Waals surface area contributed by atoms with E-state index in [1.54, 1.807) is 0 Å². The summed E-state index contributed by atoms with van der Waals surface area (Å²) in [5.74, 6) is 0. The molecular formula is C5H16O4Si2. The molecule has 0 spiro atoms. The van der Waals surface area contributed by atoms with Gasteiger partial charge >= 0.3 is 9.05 Å².